The Bertz CT molecular complexity index is 2630. The Balaban J connectivity index is 1.12. The predicted octanol–water partition coefficient (Wildman–Crippen LogP) is 8.30. The third-order valence-electron chi connectivity index (χ3n) is 9.12. The molecule has 8 aromatic rings. The quantitative estimate of drug-likeness (QED) is 0.167. The van der Waals surface area contributed by atoms with Gasteiger partial charge in [0.25, 0.3) is 0 Å². The van der Waals surface area contributed by atoms with Gasteiger partial charge < -0.3 is 0 Å². The minimum atomic E-state index is -0.319. The number of benzene rings is 2. The molecule has 2 aromatic carbocycles. The van der Waals surface area contributed by atoms with Crippen LogP contribution in [-0.4, -0.2) is 41.5 Å². The summed E-state index contributed by atoms with van der Waals surface area (Å²) in [5.74, 6) is 12.3. The molecule has 0 amide bonds. The smallest absolute Gasteiger partial charge is 0.197 e. The van der Waals surface area contributed by atoms with Crippen molar-refractivity contribution in [2.24, 2.45) is 0 Å². The van der Waals surface area contributed by atoms with Gasteiger partial charge in [-0.3, -0.25) is 29.5 Å². The van der Waals surface area contributed by atoms with Crippen LogP contribution in [0.1, 0.15) is 54.1 Å². The minimum Gasteiger partial charge on any atom is -0.289 e. The fourth-order valence-corrected chi connectivity index (χ4v) is 6.52. The molecule has 0 aliphatic heterocycles. The van der Waals surface area contributed by atoms with E-state index in [0.717, 1.165) is 0 Å². The first-order valence-corrected chi connectivity index (χ1v) is 17.7. The van der Waals surface area contributed by atoms with Crippen molar-refractivity contribution in [2.45, 2.75) is 0 Å². The number of carbonyl (C=O) groups is 2. The van der Waals surface area contributed by atoms with Gasteiger partial charge >= 0.3 is 0 Å². The van der Waals surface area contributed by atoms with Gasteiger partial charge in [-0.05, 0) is 84.9 Å². The molecule has 9 rings (SSSR count). The highest BCUT2D eigenvalue weighted by molar-refractivity contribution is 6.30. The van der Waals surface area contributed by atoms with Crippen LogP contribution in [0, 0.1) is 23.7 Å². The van der Waals surface area contributed by atoms with Gasteiger partial charge in [-0.15, -0.1) is 0 Å². The zero-order chi connectivity index (χ0) is 37.8. The Morgan fingerprint density at radius 2 is 0.696 bits per heavy atom. The molecule has 6 heterocycles. The van der Waals surface area contributed by atoms with E-state index in [1.54, 1.807) is 61.2 Å². The molecule has 0 radical (unpaired) electrons. The number of pyridine rings is 6. The normalized spacial score (nSPS) is 11.4. The van der Waals surface area contributed by atoms with Gasteiger partial charge in [0.2, 0.25) is 0 Å². The molecule has 0 N–H and O–H groups in total. The first-order chi connectivity index (χ1) is 27.6. The standard InChI is InChI=1S/C48H26N6O2/c55-47-35-13-9-11-33(21-19-31-27-41(37-15-1-5-23-49-37)53-42(28-31)38-16-2-6-24-50-38)45(35)48(56)46-34(12-10-14-36(46)47)22-20-32-29-43(39-17-3-7-25-51-39)54-44(30-32)40-18-4-8-26-52-40/h1-18,23-30H. The number of nitrogens with zero attached hydrogens (tertiary/aromatic N) is 6. The van der Waals surface area contributed by atoms with Crippen molar-refractivity contribution >= 4 is 11.6 Å². The molecule has 8 nitrogen and oxygen atoms in total. The van der Waals surface area contributed by atoms with Crippen molar-refractivity contribution < 1.29 is 9.59 Å². The molecule has 0 saturated carbocycles. The monoisotopic (exact) mass is 718 g/mol. The van der Waals surface area contributed by atoms with Gasteiger partial charge in [0.15, 0.2) is 11.6 Å². The number of carbonyl (C=O) groups excluding carboxylic acids is 2. The maximum Gasteiger partial charge on any atom is 0.197 e. The van der Waals surface area contributed by atoms with Crippen LogP contribution in [0.4, 0.5) is 0 Å². The second kappa shape index (κ2) is 14.7. The fraction of sp³-hybridized carbons (Fsp3) is 0. The molecule has 6 aromatic heterocycles. The largest absolute Gasteiger partial charge is 0.289 e. The summed E-state index contributed by atoms with van der Waals surface area (Å²) in [7, 11) is 0. The molecule has 56 heavy (non-hydrogen) atoms. The summed E-state index contributed by atoms with van der Waals surface area (Å²) < 4.78 is 0. The van der Waals surface area contributed by atoms with Crippen molar-refractivity contribution in [2.75, 3.05) is 0 Å². The summed E-state index contributed by atoms with van der Waals surface area (Å²) >= 11 is 0. The van der Waals surface area contributed by atoms with Crippen molar-refractivity contribution in [3.8, 4) is 69.2 Å². The molecule has 0 fully saturated rings. The highest BCUT2D eigenvalue weighted by Gasteiger charge is 2.33. The maximum absolute atomic E-state index is 14.5. The Kier molecular flexibility index (Phi) is 8.81. The zero-order valence-corrected chi connectivity index (χ0v) is 29.5. The van der Waals surface area contributed by atoms with Gasteiger partial charge in [-0.25, -0.2) is 9.97 Å². The first kappa shape index (κ1) is 33.6. The molecule has 0 unspecified atom stereocenters. The second-order valence-corrected chi connectivity index (χ2v) is 12.7. The Labute approximate surface area is 322 Å². The number of fused-ring (bicyclic) bond motifs is 2. The van der Waals surface area contributed by atoms with Crippen LogP contribution in [0.15, 0.2) is 158 Å². The zero-order valence-electron chi connectivity index (χ0n) is 29.5. The number of aromatic nitrogens is 6. The van der Waals surface area contributed by atoms with Crippen molar-refractivity contribution in [3.63, 3.8) is 0 Å². The lowest BCUT2D eigenvalue weighted by Gasteiger charge is -2.19. The molecular weight excluding hydrogens is 693 g/mol. The minimum absolute atomic E-state index is 0.245. The average molecular weight is 719 g/mol. The van der Waals surface area contributed by atoms with E-state index in [4.69, 9.17) is 9.97 Å². The Morgan fingerprint density at radius 3 is 1.02 bits per heavy atom. The highest BCUT2D eigenvalue weighted by atomic mass is 16.1. The van der Waals surface area contributed by atoms with Crippen LogP contribution >= 0.6 is 0 Å². The van der Waals surface area contributed by atoms with E-state index in [1.165, 1.54) is 0 Å². The van der Waals surface area contributed by atoms with Gasteiger partial charge in [0.05, 0.1) is 45.6 Å². The molecule has 8 heteroatoms. The maximum atomic E-state index is 14.5. The van der Waals surface area contributed by atoms with E-state index in [9.17, 15) is 9.59 Å². The number of hydrogen-bond acceptors (Lipinski definition) is 8. The lowest BCUT2D eigenvalue weighted by atomic mass is 9.80. The van der Waals surface area contributed by atoms with Crippen LogP contribution in [0.25, 0.3) is 45.6 Å². The average Bonchev–Trinajstić information content (AvgIpc) is 3.27. The molecule has 0 spiro atoms. The summed E-state index contributed by atoms with van der Waals surface area (Å²) in [5, 5.41) is 0. The predicted molar refractivity (Wildman–Crippen MR) is 213 cm³/mol. The molecule has 260 valence electrons. The van der Waals surface area contributed by atoms with Crippen molar-refractivity contribution in [1.82, 2.24) is 29.9 Å². The number of ketones is 2. The Hall–Kier alpha value is -8.20. The molecule has 1 aliphatic carbocycles. The fourth-order valence-electron chi connectivity index (χ4n) is 6.52. The molecule has 0 saturated heterocycles. The summed E-state index contributed by atoms with van der Waals surface area (Å²) in [6, 6.07) is 40.2. The van der Waals surface area contributed by atoms with Gasteiger partial charge in [-0.2, -0.15) is 0 Å². The SMILES string of the molecule is O=C1c2cccc(C#Cc3cc(-c4ccccn4)nc(-c4ccccn4)c3)c2C(=O)c2c(C#Cc3cc(-c4ccccn4)nc(-c4ccccn4)c3)cccc21. The van der Waals surface area contributed by atoms with E-state index in [-0.39, 0.29) is 22.7 Å². The third-order valence-corrected chi connectivity index (χ3v) is 9.12. The topological polar surface area (TPSA) is 111 Å². The van der Waals surface area contributed by atoms with Crippen molar-refractivity contribution in [1.29, 1.82) is 0 Å². The summed E-state index contributed by atoms with van der Waals surface area (Å²) in [4.78, 5) is 56.1. The Morgan fingerprint density at radius 1 is 0.339 bits per heavy atom. The van der Waals surface area contributed by atoms with Gasteiger partial charge in [0, 0.05) is 69.3 Å². The molecule has 0 bridgehead atoms. The summed E-state index contributed by atoms with van der Waals surface area (Å²) in [6.07, 6.45) is 6.84. The van der Waals surface area contributed by atoms with E-state index < -0.39 is 0 Å². The molecular formula is C48H26N6O2. The third kappa shape index (κ3) is 6.62. The van der Waals surface area contributed by atoms with Crippen LogP contribution in [0.5, 0.6) is 0 Å². The van der Waals surface area contributed by atoms with E-state index in [2.05, 4.69) is 43.6 Å². The van der Waals surface area contributed by atoms with Crippen LogP contribution in [-0.2, 0) is 0 Å². The van der Waals surface area contributed by atoms with E-state index in [1.807, 2.05) is 97.1 Å². The molecule has 1 aliphatic rings. The van der Waals surface area contributed by atoms with Gasteiger partial charge in [-0.1, -0.05) is 72.2 Å². The second-order valence-electron chi connectivity index (χ2n) is 12.7. The lowest BCUT2D eigenvalue weighted by Crippen LogP contribution is -2.23. The van der Waals surface area contributed by atoms with Crippen LogP contribution < -0.4 is 0 Å². The van der Waals surface area contributed by atoms with E-state index >= 15 is 0 Å². The number of hydrogen-bond donors (Lipinski definition) is 0. The lowest BCUT2D eigenvalue weighted by molar-refractivity contribution is 0.0978. The number of rotatable bonds is 4. The van der Waals surface area contributed by atoms with Gasteiger partial charge in [0.1, 0.15) is 0 Å². The van der Waals surface area contributed by atoms with E-state index in [0.29, 0.717) is 78.9 Å². The summed E-state index contributed by atoms with van der Waals surface area (Å²) in [6.45, 7) is 0. The van der Waals surface area contributed by atoms with Crippen LogP contribution in [0.3, 0.4) is 0 Å². The first-order valence-electron chi connectivity index (χ1n) is 17.7. The summed E-state index contributed by atoms with van der Waals surface area (Å²) in [5.41, 5.74) is 8.49. The van der Waals surface area contributed by atoms with Crippen molar-refractivity contribution in [3.05, 3.63) is 203 Å². The molecule has 0 atom stereocenters. The van der Waals surface area contributed by atoms with Crippen LogP contribution in [0.2, 0.25) is 0 Å². The highest BCUT2D eigenvalue weighted by Crippen LogP contribution is 2.32.